The summed E-state index contributed by atoms with van der Waals surface area (Å²) in [4.78, 5) is 2.57. The Morgan fingerprint density at radius 3 is 2.00 bits per heavy atom. The number of piperazine rings is 1. The number of ether oxygens (including phenoxy) is 2. The summed E-state index contributed by atoms with van der Waals surface area (Å²) < 4.78 is 11.3. The number of halogens is 2. The molecular formula is C18H32Cl2N2O2. The molecule has 0 unspecified atom stereocenters. The molecule has 2 rings (SSSR count). The van der Waals surface area contributed by atoms with Crippen LogP contribution in [-0.4, -0.2) is 45.3 Å². The Labute approximate surface area is 159 Å². The van der Waals surface area contributed by atoms with Gasteiger partial charge in [0.2, 0.25) is 0 Å². The minimum atomic E-state index is 0. The van der Waals surface area contributed by atoms with Crippen molar-refractivity contribution in [2.45, 2.75) is 32.7 Å². The zero-order valence-electron chi connectivity index (χ0n) is 15.2. The third kappa shape index (κ3) is 5.99. The summed E-state index contributed by atoms with van der Waals surface area (Å²) in [6.45, 7) is 8.82. The number of methoxy groups -OCH3 is 2. The fraction of sp³-hybridized carbons (Fsp3) is 0.667. The Hall–Kier alpha value is -0.680. The van der Waals surface area contributed by atoms with Crippen LogP contribution in [0.1, 0.15) is 38.3 Å². The highest BCUT2D eigenvalue weighted by molar-refractivity contribution is 5.85. The largest absolute Gasteiger partial charge is 0.496 e. The highest BCUT2D eigenvalue weighted by Crippen LogP contribution is 2.40. The van der Waals surface area contributed by atoms with E-state index in [9.17, 15) is 0 Å². The van der Waals surface area contributed by atoms with E-state index in [1.165, 1.54) is 12.0 Å². The van der Waals surface area contributed by atoms with Crippen LogP contribution in [0, 0.1) is 5.92 Å². The predicted octanol–water partition coefficient (Wildman–Crippen LogP) is 3.93. The fourth-order valence-electron chi connectivity index (χ4n) is 3.20. The van der Waals surface area contributed by atoms with Crippen molar-refractivity contribution in [3.05, 3.63) is 23.8 Å². The van der Waals surface area contributed by atoms with Gasteiger partial charge in [-0.25, -0.2) is 0 Å². The summed E-state index contributed by atoms with van der Waals surface area (Å²) in [6, 6.07) is 6.44. The van der Waals surface area contributed by atoms with Gasteiger partial charge in [-0.3, -0.25) is 4.90 Å². The molecule has 1 aliphatic rings. The molecule has 24 heavy (non-hydrogen) atoms. The maximum Gasteiger partial charge on any atom is 0.127 e. The highest BCUT2D eigenvalue weighted by atomic mass is 35.5. The molecule has 0 amide bonds. The second-order valence-electron chi connectivity index (χ2n) is 6.35. The maximum atomic E-state index is 5.64. The van der Waals surface area contributed by atoms with E-state index < -0.39 is 0 Å². The first-order valence-corrected chi connectivity index (χ1v) is 8.33. The van der Waals surface area contributed by atoms with Gasteiger partial charge >= 0.3 is 0 Å². The maximum absolute atomic E-state index is 5.64. The molecule has 1 aliphatic heterocycles. The molecule has 1 fully saturated rings. The van der Waals surface area contributed by atoms with Gasteiger partial charge in [0.05, 0.1) is 19.8 Å². The lowest BCUT2D eigenvalue weighted by molar-refractivity contribution is 0.154. The molecule has 0 spiro atoms. The monoisotopic (exact) mass is 378 g/mol. The van der Waals surface area contributed by atoms with Crippen LogP contribution in [-0.2, 0) is 0 Å². The lowest BCUT2D eigenvalue weighted by Gasteiger charge is -2.36. The molecule has 1 aromatic carbocycles. The Balaban J connectivity index is 0.00000264. The smallest absolute Gasteiger partial charge is 0.127 e. The van der Waals surface area contributed by atoms with Crippen LogP contribution >= 0.6 is 24.8 Å². The van der Waals surface area contributed by atoms with Crippen LogP contribution in [0.2, 0.25) is 0 Å². The van der Waals surface area contributed by atoms with Crippen molar-refractivity contribution in [2.24, 2.45) is 5.92 Å². The van der Waals surface area contributed by atoms with Gasteiger partial charge in [-0.2, -0.15) is 0 Å². The molecule has 1 atom stereocenters. The lowest BCUT2D eigenvalue weighted by Crippen LogP contribution is -2.45. The Bertz CT molecular complexity index is 444. The minimum Gasteiger partial charge on any atom is -0.496 e. The summed E-state index contributed by atoms with van der Waals surface area (Å²) in [5.74, 6) is 2.57. The fourth-order valence-corrected chi connectivity index (χ4v) is 3.20. The van der Waals surface area contributed by atoms with Gasteiger partial charge in [0.15, 0.2) is 0 Å². The summed E-state index contributed by atoms with van der Waals surface area (Å²) in [5, 5.41) is 3.44. The van der Waals surface area contributed by atoms with E-state index in [1.54, 1.807) is 14.2 Å². The van der Waals surface area contributed by atoms with Crippen molar-refractivity contribution in [3.63, 3.8) is 0 Å². The third-order valence-electron chi connectivity index (χ3n) is 4.41. The Morgan fingerprint density at radius 2 is 1.54 bits per heavy atom. The van der Waals surface area contributed by atoms with Crippen LogP contribution in [0.25, 0.3) is 0 Å². The summed E-state index contributed by atoms with van der Waals surface area (Å²) in [5.41, 5.74) is 1.20. The van der Waals surface area contributed by atoms with Crippen molar-refractivity contribution < 1.29 is 9.47 Å². The van der Waals surface area contributed by atoms with Gasteiger partial charge in [0.25, 0.3) is 0 Å². The standard InChI is InChI=1S/C18H30N2O2.2ClH/c1-14(2)8-9-15(20-12-10-19-11-13-20)18-16(21-3)6-5-7-17(18)22-4;;/h5-7,14-15,19H,8-13H2,1-4H3;2*1H/t15-;;/m1../s1. The number of nitrogens with one attached hydrogen (secondary N) is 1. The molecule has 1 aromatic rings. The highest BCUT2D eigenvalue weighted by Gasteiger charge is 2.27. The predicted molar refractivity (Wildman–Crippen MR) is 105 cm³/mol. The van der Waals surface area contributed by atoms with E-state index in [0.29, 0.717) is 12.0 Å². The minimum absolute atomic E-state index is 0. The molecule has 1 heterocycles. The number of hydrogen-bond acceptors (Lipinski definition) is 4. The molecule has 0 aliphatic carbocycles. The molecule has 1 N–H and O–H groups in total. The molecule has 0 bridgehead atoms. The van der Waals surface area contributed by atoms with Crippen LogP contribution in [0.15, 0.2) is 18.2 Å². The molecule has 6 heteroatoms. The second-order valence-corrected chi connectivity index (χ2v) is 6.35. The summed E-state index contributed by atoms with van der Waals surface area (Å²) >= 11 is 0. The van der Waals surface area contributed by atoms with E-state index in [4.69, 9.17) is 9.47 Å². The molecule has 140 valence electrons. The number of nitrogens with zero attached hydrogens (tertiary/aromatic N) is 1. The summed E-state index contributed by atoms with van der Waals surface area (Å²) in [6.07, 6.45) is 2.34. The average molecular weight is 379 g/mol. The van der Waals surface area contributed by atoms with Crippen molar-refractivity contribution in [1.29, 1.82) is 0 Å². The lowest BCUT2D eigenvalue weighted by atomic mass is 9.94. The first-order chi connectivity index (χ1) is 10.7. The van der Waals surface area contributed by atoms with Gasteiger partial charge in [-0.1, -0.05) is 19.9 Å². The number of rotatable bonds is 7. The van der Waals surface area contributed by atoms with E-state index in [0.717, 1.165) is 44.1 Å². The number of hydrogen-bond donors (Lipinski definition) is 1. The van der Waals surface area contributed by atoms with E-state index in [1.807, 2.05) is 18.2 Å². The van der Waals surface area contributed by atoms with Gasteiger partial charge in [-0.05, 0) is 30.9 Å². The van der Waals surface area contributed by atoms with Gasteiger partial charge in [-0.15, -0.1) is 24.8 Å². The van der Waals surface area contributed by atoms with Crippen molar-refractivity contribution in [2.75, 3.05) is 40.4 Å². The van der Waals surface area contributed by atoms with Crippen LogP contribution in [0.4, 0.5) is 0 Å². The third-order valence-corrected chi connectivity index (χ3v) is 4.41. The Kier molecular flexibility index (Phi) is 11.5. The average Bonchev–Trinajstić information content (AvgIpc) is 2.55. The second kappa shape index (κ2) is 11.8. The van der Waals surface area contributed by atoms with Crippen LogP contribution < -0.4 is 14.8 Å². The molecule has 0 aromatic heterocycles. The Morgan fingerprint density at radius 1 is 1.00 bits per heavy atom. The van der Waals surface area contributed by atoms with Crippen molar-refractivity contribution >= 4 is 24.8 Å². The first kappa shape index (κ1) is 23.3. The summed E-state index contributed by atoms with van der Waals surface area (Å²) in [7, 11) is 3.49. The number of benzene rings is 1. The zero-order chi connectivity index (χ0) is 15.9. The normalized spacial score (nSPS) is 16.0. The molecule has 0 radical (unpaired) electrons. The molecule has 1 saturated heterocycles. The van der Waals surface area contributed by atoms with Gasteiger partial charge in [0, 0.05) is 32.2 Å². The molecule has 0 saturated carbocycles. The van der Waals surface area contributed by atoms with Crippen molar-refractivity contribution in [3.8, 4) is 11.5 Å². The van der Waals surface area contributed by atoms with E-state index >= 15 is 0 Å². The van der Waals surface area contributed by atoms with Crippen LogP contribution in [0.5, 0.6) is 11.5 Å². The van der Waals surface area contributed by atoms with Gasteiger partial charge in [0.1, 0.15) is 11.5 Å². The molecular weight excluding hydrogens is 347 g/mol. The first-order valence-electron chi connectivity index (χ1n) is 8.33. The SMILES string of the molecule is COc1cccc(OC)c1[C@@H](CCC(C)C)N1CCNCC1.Cl.Cl. The topological polar surface area (TPSA) is 33.7 Å². The molecule has 4 nitrogen and oxygen atoms in total. The van der Waals surface area contributed by atoms with Gasteiger partial charge < -0.3 is 14.8 Å². The quantitative estimate of drug-likeness (QED) is 0.778. The van der Waals surface area contributed by atoms with E-state index in [2.05, 4.69) is 24.1 Å². The van der Waals surface area contributed by atoms with Crippen LogP contribution in [0.3, 0.4) is 0 Å². The zero-order valence-corrected chi connectivity index (χ0v) is 16.8. The van der Waals surface area contributed by atoms with Crippen molar-refractivity contribution in [1.82, 2.24) is 10.2 Å². The van der Waals surface area contributed by atoms with E-state index in [-0.39, 0.29) is 24.8 Å².